The van der Waals surface area contributed by atoms with E-state index in [0.717, 1.165) is 18.6 Å². The molecule has 0 unspecified atom stereocenters. The first-order valence-electron chi connectivity index (χ1n) is 7.45. The van der Waals surface area contributed by atoms with Gasteiger partial charge in [0.15, 0.2) is 0 Å². The second-order valence-corrected chi connectivity index (χ2v) is 4.65. The van der Waals surface area contributed by atoms with E-state index in [2.05, 4.69) is 6.08 Å². The third kappa shape index (κ3) is 7.07. The maximum atomic E-state index is 5.82. The summed E-state index contributed by atoms with van der Waals surface area (Å²) in [4.78, 5) is 0. The smallest absolute Gasteiger partial charge is 0.516 e. The minimum Gasteiger partial charge on any atom is -0.516 e. The molecule has 1 rings (SSSR count). The van der Waals surface area contributed by atoms with Crippen molar-refractivity contribution >= 4 is 7.32 Å². The van der Waals surface area contributed by atoms with Crippen molar-refractivity contribution in [3.63, 3.8) is 0 Å². The SMILES string of the molecule is CCOB(OCC)OC1=CCCCCCCCC1. The van der Waals surface area contributed by atoms with Crippen molar-refractivity contribution in [3.05, 3.63) is 11.8 Å². The van der Waals surface area contributed by atoms with Gasteiger partial charge in [0, 0.05) is 19.6 Å². The highest BCUT2D eigenvalue weighted by atomic mass is 16.7. The second kappa shape index (κ2) is 10.4. The Hall–Kier alpha value is -0.475. The van der Waals surface area contributed by atoms with E-state index in [4.69, 9.17) is 14.0 Å². The molecule has 0 saturated heterocycles. The van der Waals surface area contributed by atoms with Gasteiger partial charge in [-0.1, -0.05) is 25.7 Å². The fourth-order valence-electron chi connectivity index (χ4n) is 2.13. The molecular weight excluding hydrogens is 227 g/mol. The second-order valence-electron chi connectivity index (χ2n) is 4.65. The van der Waals surface area contributed by atoms with Crippen molar-refractivity contribution in [1.82, 2.24) is 0 Å². The molecule has 3 nitrogen and oxygen atoms in total. The van der Waals surface area contributed by atoms with Gasteiger partial charge in [-0.15, -0.1) is 0 Å². The van der Waals surface area contributed by atoms with Gasteiger partial charge in [-0.05, 0) is 39.2 Å². The molecule has 0 spiro atoms. The molecule has 0 amide bonds. The number of allylic oxidation sites excluding steroid dienone is 2. The minimum atomic E-state index is -0.533. The summed E-state index contributed by atoms with van der Waals surface area (Å²) in [5.74, 6) is 1.05. The molecule has 4 heteroatoms. The van der Waals surface area contributed by atoms with Gasteiger partial charge in [-0.2, -0.15) is 0 Å². The van der Waals surface area contributed by atoms with Crippen molar-refractivity contribution in [2.24, 2.45) is 0 Å². The van der Waals surface area contributed by atoms with E-state index >= 15 is 0 Å². The highest BCUT2D eigenvalue weighted by molar-refractivity contribution is 6.36. The topological polar surface area (TPSA) is 27.7 Å². The first-order valence-corrected chi connectivity index (χ1v) is 7.45. The van der Waals surface area contributed by atoms with Crippen LogP contribution in [0.3, 0.4) is 0 Å². The molecule has 0 heterocycles. The molecule has 0 atom stereocenters. The van der Waals surface area contributed by atoms with Crippen molar-refractivity contribution in [2.75, 3.05) is 13.2 Å². The van der Waals surface area contributed by atoms with Gasteiger partial charge in [0.05, 0.1) is 5.76 Å². The summed E-state index contributed by atoms with van der Waals surface area (Å²) >= 11 is 0. The van der Waals surface area contributed by atoms with Crippen LogP contribution >= 0.6 is 0 Å². The Morgan fingerprint density at radius 2 is 1.56 bits per heavy atom. The minimum absolute atomic E-state index is 0.533. The lowest BCUT2D eigenvalue weighted by molar-refractivity contribution is 0.124. The largest absolute Gasteiger partial charge is 0.712 e. The van der Waals surface area contributed by atoms with Gasteiger partial charge < -0.3 is 14.0 Å². The van der Waals surface area contributed by atoms with Gasteiger partial charge in [0.25, 0.3) is 0 Å². The molecule has 1 aliphatic carbocycles. The van der Waals surface area contributed by atoms with Crippen LogP contribution in [0.25, 0.3) is 0 Å². The lowest BCUT2D eigenvalue weighted by Crippen LogP contribution is -2.27. The van der Waals surface area contributed by atoms with E-state index in [-0.39, 0.29) is 0 Å². The lowest BCUT2D eigenvalue weighted by atomic mass is 10.0. The van der Waals surface area contributed by atoms with Crippen molar-refractivity contribution < 1.29 is 14.0 Å². The van der Waals surface area contributed by atoms with Gasteiger partial charge in [-0.3, -0.25) is 0 Å². The highest BCUT2D eigenvalue weighted by Gasteiger charge is 2.23. The van der Waals surface area contributed by atoms with Crippen LogP contribution in [0.2, 0.25) is 0 Å². The van der Waals surface area contributed by atoms with Gasteiger partial charge in [-0.25, -0.2) is 0 Å². The normalized spacial score (nSPS) is 18.0. The van der Waals surface area contributed by atoms with Crippen molar-refractivity contribution in [1.29, 1.82) is 0 Å². The zero-order valence-electron chi connectivity index (χ0n) is 12.0. The highest BCUT2D eigenvalue weighted by Crippen LogP contribution is 2.18. The van der Waals surface area contributed by atoms with E-state index in [9.17, 15) is 0 Å². The summed E-state index contributed by atoms with van der Waals surface area (Å²) in [6.45, 7) is 5.13. The Kier molecular flexibility index (Phi) is 9.04. The Balaban J connectivity index is 2.44. The Morgan fingerprint density at radius 3 is 2.22 bits per heavy atom. The van der Waals surface area contributed by atoms with Crippen molar-refractivity contribution in [2.45, 2.75) is 65.2 Å². The monoisotopic (exact) mass is 254 g/mol. The maximum Gasteiger partial charge on any atom is 0.712 e. The number of rotatable bonds is 6. The molecule has 0 aromatic rings. The molecule has 0 bridgehead atoms. The molecule has 0 N–H and O–H groups in total. The van der Waals surface area contributed by atoms with Crippen molar-refractivity contribution in [3.8, 4) is 0 Å². The predicted molar refractivity (Wildman–Crippen MR) is 75.1 cm³/mol. The molecular formula is C14H27BO3. The zero-order valence-corrected chi connectivity index (χ0v) is 12.0. The van der Waals surface area contributed by atoms with Gasteiger partial charge >= 0.3 is 7.32 Å². The van der Waals surface area contributed by atoms with Crippen LogP contribution in [0.15, 0.2) is 11.8 Å². The molecule has 0 aromatic heterocycles. The summed E-state index contributed by atoms with van der Waals surface area (Å²) < 4.78 is 16.7. The summed E-state index contributed by atoms with van der Waals surface area (Å²) in [6, 6.07) is 0. The molecule has 0 saturated carbocycles. The first kappa shape index (κ1) is 15.6. The quantitative estimate of drug-likeness (QED) is 0.668. The molecule has 0 fully saturated rings. The standard InChI is InChI=1S/C14H27BO3/c1-3-16-15(17-4-2)18-14-12-10-8-6-5-7-9-11-13-14/h12H,3-11,13H2,1-2H3. The molecule has 1 aliphatic rings. The molecule has 104 valence electrons. The fourth-order valence-corrected chi connectivity index (χ4v) is 2.13. The van der Waals surface area contributed by atoms with Crippen LogP contribution < -0.4 is 0 Å². The van der Waals surface area contributed by atoms with Crippen LogP contribution in [0.5, 0.6) is 0 Å². The van der Waals surface area contributed by atoms with Gasteiger partial charge in [0.2, 0.25) is 0 Å². The molecule has 0 radical (unpaired) electrons. The summed E-state index contributed by atoms with van der Waals surface area (Å²) in [5, 5.41) is 0. The van der Waals surface area contributed by atoms with E-state index in [1.807, 2.05) is 13.8 Å². The summed E-state index contributed by atoms with van der Waals surface area (Å²) in [7, 11) is -0.533. The Bertz CT molecular complexity index is 225. The van der Waals surface area contributed by atoms with E-state index in [0.29, 0.717) is 13.2 Å². The lowest BCUT2D eigenvalue weighted by Gasteiger charge is -2.17. The molecule has 0 aromatic carbocycles. The predicted octanol–water partition coefficient (Wildman–Crippen LogP) is 4.08. The Labute approximate surface area is 112 Å². The van der Waals surface area contributed by atoms with E-state index in [1.165, 1.54) is 38.5 Å². The average molecular weight is 254 g/mol. The van der Waals surface area contributed by atoms with Crippen LogP contribution in [0.4, 0.5) is 0 Å². The van der Waals surface area contributed by atoms with Crippen LogP contribution in [-0.4, -0.2) is 20.5 Å². The average Bonchev–Trinajstić information content (AvgIpc) is 2.38. The van der Waals surface area contributed by atoms with Crippen LogP contribution in [0.1, 0.15) is 65.2 Å². The Morgan fingerprint density at radius 1 is 0.944 bits per heavy atom. The van der Waals surface area contributed by atoms with Gasteiger partial charge in [0.1, 0.15) is 0 Å². The molecule has 0 aliphatic heterocycles. The summed E-state index contributed by atoms with van der Waals surface area (Å²) in [5.41, 5.74) is 0. The number of hydrogen-bond acceptors (Lipinski definition) is 3. The third-order valence-corrected chi connectivity index (χ3v) is 3.10. The number of hydrogen-bond donors (Lipinski definition) is 0. The fraction of sp³-hybridized carbons (Fsp3) is 0.857. The summed E-state index contributed by atoms with van der Waals surface area (Å²) in [6.07, 6.45) is 12.2. The van der Waals surface area contributed by atoms with E-state index < -0.39 is 7.32 Å². The third-order valence-electron chi connectivity index (χ3n) is 3.10. The van der Waals surface area contributed by atoms with E-state index in [1.54, 1.807) is 0 Å². The molecule has 18 heavy (non-hydrogen) atoms. The van der Waals surface area contributed by atoms with Crippen LogP contribution in [-0.2, 0) is 14.0 Å². The first-order chi connectivity index (χ1) is 8.86. The van der Waals surface area contributed by atoms with Crippen LogP contribution in [0, 0.1) is 0 Å². The zero-order chi connectivity index (χ0) is 13.1. The maximum absolute atomic E-state index is 5.82.